The highest BCUT2D eigenvalue weighted by Gasteiger charge is 2.24. The zero-order valence-corrected chi connectivity index (χ0v) is 9.25. The van der Waals surface area contributed by atoms with Gasteiger partial charge in [0.05, 0.1) is 17.7 Å². The predicted molar refractivity (Wildman–Crippen MR) is 52.6 cm³/mol. The van der Waals surface area contributed by atoms with Crippen molar-refractivity contribution in [1.29, 1.82) is 0 Å². The Kier molecular flexibility index (Phi) is 3.51. The van der Waals surface area contributed by atoms with Gasteiger partial charge in [0.2, 0.25) is 5.78 Å². The summed E-state index contributed by atoms with van der Waals surface area (Å²) in [6, 6.07) is 0. The van der Waals surface area contributed by atoms with Gasteiger partial charge in [0.1, 0.15) is 0 Å². The molecule has 1 aromatic heterocycles. The van der Waals surface area contributed by atoms with E-state index in [-0.39, 0.29) is 5.56 Å². The third-order valence-corrected chi connectivity index (χ3v) is 2.37. The van der Waals surface area contributed by atoms with Crippen molar-refractivity contribution in [3.63, 3.8) is 0 Å². The molecule has 0 unspecified atom stereocenters. The second-order valence-electron chi connectivity index (χ2n) is 3.54. The highest BCUT2D eigenvalue weighted by molar-refractivity contribution is 6.09. The summed E-state index contributed by atoms with van der Waals surface area (Å²) in [6.07, 6.45) is -3.87. The lowest BCUT2D eigenvalue weighted by atomic mass is 10.0. The van der Waals surface area contributed by atoms with Gasteiger partial charge >= 0.3 is 0 Å². The van der Waals surface area contributed by atoms with Gasteiger partial charge in [0.25, 0.3) is 6.43 Å². The van der Waals surface area contributed by atoms with Crippen molar-refractivity contribution >= 4 is 11.6 Å². The van der Waals surface area contributed by atoms with Crippen LogP contribution in [0.1, 0.15) is 28.2 Å². The minimum Gasteiger partial charge on any atom is -0.294 e. The van der Waals surface area contributed by atoms with Crippen molar-refractivity contribution in [2.75, 3.05) is 0 Å². The van der Waals surface area contributed by atoms with Gasteiger partial charge < -0.3 is 0 Å². The summed E-state index contributed by atoms with van der Waals surface area (Å²) >= 11 is 0. The zero-order chi connectivity index (χ0) is 12.5. The number of aryl methyl sites for hydroxylation is 2. The first-order chi connectivity index (χ1) is 7.34. The highest BCUT2D eigenvalue weighted by Crippen LogP contribution is 2.15. The Labute approximate surface area is 91.2 Å². The molecule has 0 saturated heterocycles. The monoisotopic (exact) mass is 230 g/mol. The van der Waals surface area contributed by atoms with Gasteiger partial charge in [-0.25, -0.2) is 8.78 Å². The van der Waals surface area contributed by atoms with Crippen LogP contribution in [0.5, 0.6) is 0 Å². The normalized spacial score (nSPS) is 10.9. The molecule has 16 heavy (non-hydrogen) atoms. The molecular formula is C10H12F2N2O2. The summed E-state index contributed by atoms with van der Waals surface area (Å²) in [5.41, 5.74) is 1.29. The summed E-state index contributed by atoms with van der Waals surface area (Å²) in [5.74, 6) is -1.96. The van der Waals surface area contributed by atoms with Crippen LogP contribution < -0.4 is 0 Å². The summed E-state index contributed by atoms with van der Waals surface area (Å²) in [6.45, 7) is 3.26. The van der Waals surface area contributed by atoms with Crippen LogP contribution in [0.25, 0.3) is 0 Å². The van der Waals surface area contributed by atoms with Gasteiger partial charge in [-0.1, -0.05) is 0 Å². The number of rotatable bonds is 4. The second kappa shape index (κ2) is 4.51. The minimum absolute atomic E-state index is 0.261. The molecule has 0 atom stereocenters. The first-order valence-electron chi connectivity index (χ1n) is 4.68. The van der Waals surface area contributed by atoms with E-state index in [4.69, 9.17) is 0 Å². The maximum Gasteiger partial charge on any atom is 0.296 e. The number of carbonyl (C=O) groups is 2. The molecule has 4 nitrogen and oxygen atoms in total. The van der Waals surface area contributed by atoms with Crippen LogP contribution in [-0.2, 0) is 11.8 Å². The lowest BCUT2D eigenvalue weighted by molar-refractivity contribution is -0.128. The molecule has 0 aliphatic rings. The molecule has 88 valence electrons. The van der Waals surface area contributed by atoms with E-state index in [1.54, 1.807) is 20.9 Å². The molecule has 0 fully saturated rings. The maximum atomic E-state index is 12.0. The van der Waals surface area contributed by atoms with E-state index >= 15 is 0 Å². The first kappa shape index (κ1) is 12.5. The van der Waals surface area contributed by atoms with Crippen molar-refractivity contribution in [2.24, 2.45) is 7.05 Å². The number of halogens is 2. The molecule has 0 bridgehead atoms. The van der Waals surface area contributed by atoms with Crippen LogP contribution in [0.4, 0.5) is 8.78 Å². The van der Waals surface area contributed by atoms with E-state index in [2.05, 4.69) is 5.10 Å². The first-order valence-corrected chi connectivity index (χ1v) is 4.68. The van der Waals surface area contributed by atoms with Crippen molar-refractivity contribution in [3.05, 3.63) is 17.0 Å². The minimum atomic E-state index is -3.10. The molecule has 0 aliphatic heterocycles. The van der Waals surface area contributed by atoms with Gasteiger partial charge in [-0.2, -0.15) is 5.10 Å². The standard InChI is InChI=1S/C10H12F2N2O2/c1-5-9(6(2)14(3)13-5)7(15)4-8(16)10(11)12/h10H,4H2,1-3H3. The molecule has 1 rings (SSSR count). The molecule has 6 heteroatoms. The Morgan fingerprint density at radius 1 is 1.38 bits per heavy atom. The van der Waals surface area contributed by atoms with Crippen LogP contribution in [0.15, 0.2) is 0 Å². The summed E-state index contributed by atoms with van der Waals surface area (Å²) in [7, 11) is 1.65. The smallest absolute Gasteiger partial charge is 0.294 e. The topological polar surface area (TPSA) is 52.0 Å². The lowest BCUT2D eigenvalue weighted by Crippen LogP contribution is -2.16. The van der Waals surface area contributed by atoms with Crippen molar-refractivity contribution < 1.29 is 18.4 Å². The number of ketones is 2. The third kappa shape index (κ3) is 2.32. The molecule has 0 radical (unpaired) electrons. The van der Waals surface area contributed by atoms with Crippen LogP contribution in [0.2, 0.25) is 0 Å². The Hall–Kier alpha value is -1.59. The quantitative estimate of drug-likeness (QED) is 0.581. The Balaban J connectivity index is 2.93. The molecule has 0 aliphatic carbocycles. The van der Waals surface area contributed by atoms with E-state index in [0.717, 1.165) is 0 Å². The fourth-order valence-electron chi connectivity index (χ4n) is 1.50. The number of hydrogen-bond donors (Lipinski definition) is 0. The molecule has 1 aromatic rings. The Morgan fingerprint density at radius 2 is 1.94 bits per heavy atom. The number of alkyl halides is 2. The fourth-order valence-corrected chi connectivity index (χ4v) is 1.50. The largest absolute Gasteiger partial charge is 0.296 e. The molecule has 0 aromatic carbocycles. The average Bonchev–Trinajstić information content (AvgIpc) is 2.40. The summed E-state index contributed by atoms with van der Waals surface area (Å²) in [5, 5.41) is 3.98. The van der Waals surface area contributed by atoms with Crippen LogP contribution >= 0.6 is 0 Å². The second-order valence-corrected chi connectivity index (χ2v) is 3.54. The number of hydrogen-bond acceptors (Lipinski definition) is 3. The Morgan fingerprint density at radius 3 is 2.31 bits per heavy atom. The van der Waals surface area contributed by atoms with Crippen LogP contribution in [0.3, 0.4) is 0 Å². The van der Waals surface area contributed by atoms with Crippen molar-refractivity contribution in [1.82, 2.24) is 9.78 Å². The molecule has 0 spiro atoms. The van der Waals surface area contributed by atoms with Crippen molar-refractivity contribution in [3.8, 4) is 0 Å². The van der Waals surface area contributed by atoms with Gasteiger partial charge in [-0.05, 0) is 13.8 Å². The molecule has 0 amide bonds. The van der Waals surface area contributed by atoms with Crippen LogP contribution in [0, 0.1) is 13.8 Å². The molecular weight excluding hydrogens is 218 g/mol. The molecule has 0 N–H and O–H groups in total. The van der Waals surface area contributed by atoms with E-state index in [0.29, 0.717) is 11.4 Å². The Bertz CT molecular complexity index is 438. The SMILES string of the molecule is Cc1nn(C)c(C)c1C(=O)CC(=O)C(F)F. The van der Waals surface area contributed by atoms with Crippen LogP contribution in [-0.4, -0.2) is 27.8 Å². The average molecular weight is 230 g/mol. The lowest BCUT2D eigenvalue weighted by Gasteiger charge is -2.00. The summed E-state index contributed by atoms with van der Waals surface area (Å²) in [4.78, 5) is 22.4. The number of carbonyl (C=O) groups excluding carboxylic acids is 2. The molecule has 1 heterocycles. The molecule has 0 saturated carbocycles. The predicted octanol–water partition coefficient (Wildman–Crippen LogP) is 1.44. The van der Waals surface area contributed by atoms with Gasteiger partial charge in [0, 0.05) is 12.7 Å². The summed E-state index contributed by atoms with van der Waals surface area (Å²) < 4.78 is 25.5. The highest BCUT2D eigenvalue weighted by atomic mass is 19.3. The van der Waals surface area contributed by atoms with Gasteiger partial charge in [-0.15, -0.1) is 0 Å². The third-order valence-electron chi connectivity index (χ3n) is 2.37. The van der Waals surface area contributed by atoms with Gasteiger partial charge in [0.15, 0.2) is 5.78 Å². The van der Waals surface area contributed by atoms with E-state index in [1.165, 1.54) is 4.68 Å². The fraction of sp³-hybridized carbons (Fsp3) is 0.500. The van der Waals surface area contributed by atoms with Gasteiger partial charge in [-0.3, -0.25) is 14.3 Å². The van der Waals surface area contributed by atoms with E-state index < -0.39 is 24.4 Å². The van der Waals surface area contributed by atoms with E-state index in [9.17, 15) is 18.4 Å². The van der Waals surface area contributed by atoms with Crippen molar-refractivity contribution in [2.45, 2.75) is 26.7 Å². The number of nitrogens with zero attached hydrogens (tertiary/aromatic N) is 2. The van der Waals surface area contributed by atoms with E-state index in [1.807, 2.05) is 0 Å². The number of Topliss-reactive ketones (excluding diaryl/α,β-unsaturated/α-hetero) is 2. The zero-order valence-electron chi connectivity index (χ0n) is 9.25. The maximum absolute atomic E-state index is 12.0. The number of aromatic nitrogens is 2.